The molecule has 2 aromatic carbocycles. The second-order valence-electron chi connectivity index (χ2n) is 11.6. The molecule has 0 aliphatic carbocycles. The molecule has 0 atom stereocenters. The van der Waals surface area contributed by atoms with Gasteiger partial charge in [-0.15, -0.1) is 0 Å². The van der Waals surface area contributed by atoms with Crippen molar-refractivity contribution in [2.24, 2.45) is 0 Å². The highest BCUT2D eigenvalue weighted by Crippen LogP contribution is 2.36. The number of ether oxygens (including phenoxy) is 1. The fourth-order valence-corrected chi connectivity index (χ4v) is 5.23. The summed E-state index contributed by atoms with van der Waals surface area (Å²) in [5.41, 5.74) is 0.952. The summed E-state index contributed by atoms with van der Waals surface area (Å²) in [4.78, 5) is 36.3. The summed E-state index contributed by atoms with van der Waals surface area (Å²) in [6.45, 7) is 15.6. The van der Waals surface area contributed by atoms with Crippen molar-refractivity contribution in [3.8, 4) is 5.75 Å². The van der Waals surface area contributed by atoms with E-state index >= 15 is 0 Å². The maximum atomic E-state index is 14.0. The van der Waals surface area contributed by atoms with Crippen LogP contribution in [0.25, 0.3) is 0 Å². The molecule has 0 fully saturated rings. The van der Waals surface area contributed by atoms with Gasteiger partial charge < -0.3 is 19.0 Å². The first-order chi connectivity index (χ1) is 18.7. The lowest BCUT2D eigenvalue weighted by atomic mass is 10.1. The fraction of sp³-hybridized carbons (Fsp3) is 0.433. The van der Waals surface area contributed by atoms with Gasteiger partial charge in [-0.3, -0.25) is 9.59 Å². The van der Waals surface area contributed by atoms with E-state index in [1.807, 2.05) is 44.2 Å². The Morgan fingerprint density at radius 1 is 1.07 bits per heavy atom. The molecule has 1 N–H and O–H groups in total. The van der Waals surface area contributed by atoms with Gasteiger partial charge in [-0.25, -0.2) is 4.98 Å². The van der Waals surface area contributed by atoms with E-state index in [4.69, 9.17) is 32.4 Å². The van der Waals surface area contributed by atoms with Crippen LogP contribution in [0.3, 0.4) is 0 Å². The van der Waals surface area contributed by atoms with Crippen LogP contribution in [0.4, 0.5) is 0 Å². The van der Waals surface area contributed by atoms with Crippen LogP contribution in [0.1, 0.15) is 62.1 Å². The summed E-state index contributed by atoms with van der Waals surface area (Å²) >= 11 is 12.6. The van der Waals surface area contributed by atoms with Gasteiger partial charge in [0.25, 0.3) is 11.5 Å². The van der Waals surface area contributed by atoms with Crippen molar-refractivity contribution in [1.82, 2.24) is 14.9 Å². The van der Waals surface area contributed by atoms with E-state index in [1.54, 1.807) is 23.1 Å². The van der Waals surface area contributed by atoms with Crippen molar-refractivity contribution in [1.29, 1.82) is 0 Å². The second kappa shape index (κ2) is 13.3. The molecule has 1 aromatic heterocycles. The number of aromatic nitrogens is 2. The SMILES string of the molecule is CC(C)N(CCO[Si](C)(C)C(C)(C)C)C(=O)c1nc(Cc2cccc(Cl)c2Cl)[nH]c(=O)c1OCc1ccccc1. The van der Waals surface area contributed by atoms with Crippen LogP contribution in [0, 0.1) is 0 Å². The molecule has 3 rings (SSSR count). The minimum Gasteiger partial charge on any atom is -0.481 e. The first kappa shape index (κ1) is 31.9. The van der Waals surface area contributed by atoms with Crippen LogP contribution in [-0.2, 0) is 17.5 Å². The number of carbonyl (C=O) groups is 1. The van der Waals surface area contributed by atoms with Crippen LogP contribution in [-0.4, -0.2) is 48.3 Å². The highest BCUT2D eigenvalue weighted by molar-refractivity contribution is 6.74. The lowest BCUT2D eigenvalue weighted by Gasteiger charge is -2.37. The number of H-pyrrole nitrogens is 1. The Morgan fingerprint density at radius 3 is 2.38 bits per heavy atom. The summed E-state index contributed by atoms with van der Waals surface area (Å²) in [5.74, 6) is -0.238. The molecule has 0 aliphatic heterocycles. The molecule has 0 saturated heterocycles. The number of nitrogens with zero attached hydrogens (tertiary/aromatic N) is 2. The van der Waals surface area contributed by atoms with Crippen molar-refractivity contribution in [3.63, 3.8) is 0 Å². The number of benzene rings is 2. The quantitative estimate of drug-likeness (QED) is 0.236. The van der Waals surface area contributed by atoms with Crippen LogP contribution in [0.5, 0.6) is 5.75 Å². The molecule has 0 saturated carbocycles. The standard InChI is InChI=1S/C30H39Cl2N3O4Si/c1-20(2)35(16-17-39-40(6,7)30(3,4)5)29(37)26-27(38-19-21-12-9-8-10-13-21)28(36)34-24(33-26)18-22-14-11-15-23(31)25(22)32/h8-15,20H,16-19H2,1-7H3,(H,33,34,36). The number of amides is 1. The smallest absolute Gasteiger partial charge is 0.294 e. The van der Waals surface area contributed by atoms with Gasteiger partial charge in [0.05, 0.1) is 16.7 Å². The van der Waals surface area contributed by atoms with E-state index in [-0.39, 0.29) is 41.4 Å². The highest BCUT2D eigenvalue weighted by atomic mass is 35.5. The third kappa shape index (κ3) is 7.97. The molecule has 0 spiro atoms. The number of rotatable bonds is 11. The van der Waals surface area contributed by atoms with Gasteiger partial charge in [0.2, 0.25) is 5.75 Å². The maximum absolute atomic E-state index is 14.0. The van der Waals surface area contributed by atoms with Gasteiger partial charge in [-0.05, 0) is 49.2 Å². The summed E-state index contributed by atoms with van der Waals surface area (Å²) in [6, 6.07) is 14.5. The summed E-state index contributed by atoms with van der Waals surface area (Å²) in [5, 5.41) is 0.812. The van der Waals surface area contributed by atoms with Gasteiger partial charge in [0.1, 0.15) is 12.4 Å². The Balaban J connectivity index is 1.97. The topological polar surface area (TPSA) is 84.5 Å². The minimum atomic E-state index is -2.01. The van der Waals surface area contributed by atoms with E-state index < -0.39 is 19.8 Å². The zero-order valence-corrected chi connectivity index (χ0v) is 26.8. The fourth-order valence-electron chi connectivity index (χ4n) is 3.81. The molecular formula is C30H39Cl2N3O4Si. The van der Waals surface area contributed by atoms with E-state index in [0.29, 0.717) is 28.8 Å². The van der Waals surface area contributed by atoms with Crippen molar-refractivity contribution in [2.75, 3.05) is 13.2 Å². The molecule has 0 radical (unpaired) electrons. The first-order valence-electron chi connectivity index (χ1n) is 13.4. The van der Waals surface area contributed by atoms with E-state index in [2.05, 4.69) is 43.8 Å². The number of aromatic amines is 1. The molecule has 7 nitrogen and oxygen atoms in total. The molecule has 1 heterocycles. The molecule has 40 heavy (non-hydrogen) atoms. The number of nitrogens with one attached hydrogen (secondary N) is 1. The molecule has 1 amide bonds. The number of hydrogen-bond acceptors (Lipinski definition) is 5. The molecule has 0 unspecified atom stereocenters. The average molecular weight is 605 g/mol. The van der Waals surface area contributed by atoms with E-state index in [9.17, 15) is 9.59 Å². The predicted octanol–water partition coefficient (Wildman–Crippen LogP) is 7.12. The Bertz CT molecular complexity index is 1370. The Hall–Kier alpha value is -2.65. The van der Waals surface area contributed by atoms with Crippen molar-refractivity contribution in [2.45, 2.75) is 71.8 Å². The molecule has 3 aromatic rings. The number of halogens is 2. The van der Waals surface area contributed by atoms with Crippen LogP contribution >= 0.6 is 23.2 Å². The largest absolute Gasteiger partial charge is 0.481 e. The van der Waals surface area contributed by atoms with Crippen LogP contribution in [0.15, 0.2) is 53.3 Å². The summed E-state index contributed by atoms with van der Waals surface area (Å²) in [6.07, 6.45) is 0.185. The zero-order valence-electron chi connectivity index (χ0n) is 24.3. The van der Waals surface area contributed by atoms with E-state index in [0.717, 1.165) is 5.56 Å². The third-order valence-corrected chi connectivity index (χ3v) is 12.6. The number of carbonyl (C=O) groups excluding carboxylic acids is 1. The Kier molecular flexibility index (Phi) is 10.6. The number of hydrogen-bond donors (Lipinski definition) is 1. The zero-order chi connectivity index (χ0) is 29.7. The minimum absolute atomic E-state index is 0.0446. The van der Waals surface area contributed by atoms with Crippen molar-refractivity contribution >= 4 is 37.4 Å². The maximum Gasteiger partial charge on any atom is 0.294 e. The van der Waals surface area contributed by atoms with Crippen LogP contribution in [0.2, 0.25) is 28.2 Å². The molecule has 216 valence electrons. The van der Waals surface area contributed by atoms with Gasteiger partial charge in [-0.1, -0.05) is 86.4 Å². The van der Waals surface area contributed by atoms with Gasteiger partial charge in [0, 0.05) is 19.0 Å². The van der Waals surface area contributed by atoms with Gasteiger partial charge in [-0.2, -0.15) is 0 Å². The Morgan fingerprint density at radius 2 is 1.75 bits per heavy atom. The molecule has 0 aliphatic rings. The predicted molar refractivity (Wildman–Crippen MR) is 164 cm³/mol. The molecule has 10 heteroatoms. The highest BCUT2D eigenvalue weighted by Gasteiger charge is 2.37. The average Bonchev–Trinajstić information content (AvgIpc) is 2.88. The lowest BCUT2D eigenvalue weighted by Crippen LogP contribution is -2.45. The Labute approximate surface area is 248 Å². The first-order valence-corrected chi connectivity index (χ1v) is 17.1. The normalized spacial score (nSPS) is 12.1. The lowest BCUT2D eigenvalue weighted by molar-refractivity contribution is 0.0657. The second-order valence-corrected chi connectivity index (χ2v) is 17.1. The third-order valence-electron chi connectivity index (χ3n) is 7.23. The van der Waals surface area contributed by atoms with Gasteiger partial charge in [0.15, 0.2) is 14.0 Å². The summed E-state index contributed by atoms with van der Waals surface area (Å²) < 4.78 is 12.3. The summed E-state index contributed by atoms with van der Waals surface area (Å²) in [7, 11) is -2.01. The van der Waals surface area contributed by atoms with Crippen LogP contribution < -0.4 is 10.3 Å². The van der Waals surface area contributed by atoms with Crippen molar-refractivity contribution < 1.29 is 14.0 Å². The van der Waals surface area contributed by atoms with Gasteiger partial charge >= 0.3 is 0 Å². The van der Waals surface area contributed by atoms with Crippen molar-refractivity contribution in [3.05, 3.63) is 91.6 Å². The monoisotopic (exact) mass is 603 g/mol. The van der Waals surface area contributed by atoms with E-state index in [1.165, 1.54) is 0 Å². The molecule has 0 bridgehead atoms. The molecular weight excluding hydrogens is 565 g/mol.